The van der Waals surface area contributed by atoms with Gasteiger partial charge in [0.15, 0.2) is 0 Å². The van der Waals surface area contributed by atoms with Gasteiger partial charge in [-0.1, -0.05) is 0 Å². The Kier molecular flexibility index (Phi) is 3.57. The fraction of sp³-hybridized carbons (Fsp3) is 0.250. The molecule has 0 fully saturated rings. The Balaban J connectivity index is 2.07. The first kappa shape index (κ1) is 12.5. The molecule has 0 aliphatic heterocycles. The van der Waals surface area contributed by atoms with E-state index in [1.807, 2.05) is 12.3 Å². The normalized spacial score (nSPS) is 10.3. The van der Waals surface area contributed by atoms with Crippen LogP contribution in [0.1, 0.15) is 21.1 Å². The van der Waals surface area contributed by atoms with E-state index >= 15 is 0 Å². The number of carbonyl (C=O) groups excluding carboxylic acids is 1. The summed E-state index contributed by atoms with van der Waals surface area (Å²) in [5, 5.41) is 2.96. The van der Waals surface area contributed by atoms with Crippen molar-refractivity contribution in [1.29, 1.82) is 0 Å². The van der Waals surface area contributed by atoms with Gasteiger partial charge in [-0.15, -0.1) is 11.3 Å². The fourth-order valence-electron chi connectivity index (χ4n) is 1.55. The van der Waals surface area contributed by atoms with Crippen molar-refractivity contribution < 1.29 is 4.79 Å². The van der Waals surface area contributed by atoms with Crippen molar-refractivity contribution in [1.82, 2.24) is 14.9 Å². The zero-order chi connectivity index (χ0) is 13.1. The van der Waals surface area contributed by atoms with Crippen LogP contribution in [0.25, 0.3) is 0 Å². The van der Waals surface area contributed by atoms with Gasteiger partial charge in [0.1, 0.15) is 5.82 Å². The molecule has 0 spiro atoms. The molecule has 18 heavy (non-hydrogen) atoms. The topological polar surface area (TPSA) is 72.1 Å². The Hall–Kier alpha value is -1.95. The molecule has 0 unspecified atom stereocenters. The summed E-state index contributed by atoms with van der Waals surface area (Å²) in [7, 11) is 1.74. The summed E-state index contributed by atoms with van der Waals surface area (Å²) in [6, 6.07) is 3.29. The molecule has 0 aliphatic rings. The quantitative estimate of drug-likeness (QED) is 0.913. The molecule has 0 atom stereocenters. The largest absolute Gasteiger partial charge is 0.384 e. The van der Waals surface area contributed by atoms with Gasteiger partial charge in [-0.05, 0) is 19.1 Å². The Bertz CT molecular complexity index is 549. The van der Waals surface area contributed by atoms with Crippen molar-refractivity contribution in [2.75, 3.05) is 12.8 Å². The van der Waals surface area contributed by atoms with Crippen molar-refractivity contribution in [3.63, 3.8) is 0 Å². The summed E-state index contributed by atoms with van der Waals surface area (Å²) in [6.07, 6.45) is 1.49. The van der Waals surface area contributed by atoms with Gasteiger partial charge in [-0.3, -0.25) is 4.79 Å². The van der Waals surface area contributed by atoms with Gasteiger partial charge in [0.2, 0.25) is 0 Å². The van der Waals surface area contributed by atoms with Crippen LogP contribution in [0, 0.1) is 6.92 Å². The molecule has 0 bridgehead atoms. The third kappa shape index (κ3) is 2.84. The van der Waals surface area contributed by atoms with Crippen molar-refractivity contribution >= 4 is 23.1 Å². The van der Waals surface area contributed by atoms with Crippen LogP contribution >= 0.6 is 11.3 Å². The molecule has 0 saturated heterocycles. The van der Waals surface area contributed by atoms with Crippen LogP contribution in [0.4, 0.5) is 5.82 Å². The first-order chi connectivity index (χ1) is 8.56. The zero-order valence-electron chi connectivity index (χ0n) is 10.3. The predicted molar refractivity (Wildman–Crippen MR) is 71.3 cm³/mol. The third-order valence-electron chi connectivity index (χ3n) is 2.45. The van der Waals surface area contributed by atoms with Gasteiger partial charge in [-0.25, -0.2) is 9.97 Å². The van der Waals surface area contributed by atoms with Crippen LogP contribution in [0.2, 0.25) is 0 Å². The summed E-state index contributed by atoms with van der Waals surface area (Å²) < 4.78 is 0. The average Bonchev–Trinajstić information content (AvgIpc) is 2.75. The van der Waals surface area contributed by atoms with E-state index in [4.69, 9.17) is 5.73 Å². The number of nitrogens with zero attached hydrogens (tertiary/aromatic N) is 3. The maximum absolute atomic E-state index is 12.1. The van der Waals surface area contributed by atoms with Crippen LogP contribution in [0.3, 0.4) is 0 Å². The highest BCUT2D eigenvalue weighted by molar-refractivity contribution is 7.09. The number of hydrogen-bond acceptors (Lipinski definition) is 5. The highest BCUT2D eigenvalue weighted by Gasteiger charge is 2.13. The minimum Gasteiger partial charge on any atom is -0.384 e. The molecular formula is C12H14N4OS. The van der Waals surface area contributed by atoms with Crippen LogP contribution in [0.15, 0.2) is 23.7 Å². The number of amides is 1. The van der Waals surface area contributed by atoms with Gasteiger partial charge in [0.05, 0.1) is 22.8 Å². The second kappa shape index (κ2) is 5.14. The number of aryl methyl sites for hydroxylation is 1. The monoisotopic (exact) mass is 262 g/mol. The molecule has 2 N–H and O–H groups in total. The third-order valence-corrected chi connectivity index (χ3v) is 3.27. The Morgan fingerprint density at radius 3 is 2.83 bits per heavy atom. The minimum absolute atomic E-state index is 0.0897. The van der Waals surface area contributed by atoms with Crippen LogP contribution in [0.5, 0.6) is 0 Å². The molecule has 0 aromatic carbocycles. The molecule has 0 saturated carbocycles. The number of carbonyl (C=O) groups is 1. The van der Waals surface area contributed by atoms with Crippen molar-refractivity contribution in [3.05, 3.63) is 40.0 Å². The van der Waals surface area contributed by atoms with Gasteiger partial charge < -0.3 is 10.6 Å². The lowest BCUT2D eigenvalue weighted by molar-refractivity contribution is 0.0783. The van der Waals surface area contributed by atoms with Crippen molar-refractivity contribution in [3.8, 4) is 0 Å². The summed E-state index contributed by atoms with van der Waals surface area (Å²) in [6.45, 7) is 2.44. The number of hydrogen-bond donors (Lipinski definition) is 1. The molecule has 2 aromatic rings. The van der Waals surface area contributed by atoms with E-state index < -0.39 is 0 Å². The summed E-state index contributed by atoms with van der Waals surface area (Å²) in [5.41, 5.74) is 6.91. The number of rotatable bonds is 3. The smallest absolute Gasteiger partial charge is 0.255 e. The standard InChI is InChI=1S/C12H14N4OS/c1-8-15-10(7-18-8)6-16(2)12(17)9-3-4-11(13)14-5-9/h3-5,7H,6H2,1-2H3,(H2,13,14). The van der Waals surface area contributed by atoms with E-state index in [0.717, 1.165) is 10.7 Å². The molecule has 2 rings (SSSR count). The van der Waals surface area contributed by atoms with E-state index in [2.05, 4.69) is 9.97 Å². The van der Waals surface area contributed by atoms with E-state index in [0.29, 0.717) is 17.9 Å². The highest BCUT2D eigenvalue weighted by atomic mass is 32.1. The Morgan fingerprint density at radius 2 is 2.28 bits per heavy atom. The predicted octanol–water partition coefficient (Wildman–Crippen LogP) is 1.70. The minimum atomic E-state index is -0.0897. The molecule has 94 valence electrons. The van der Waals surface area contributed by atoms with E-state index in [1.165, 1.54) is 6.20 Å². The number of aromatic nitrogens is 2. The second-order valence-electron chi connectivity index (χ2n) is 3.99. The first-order valence-electron chi connectivity index (χ1n) is 5.44. The summed E-state index contributed by atoms with van der Waals surface area (Å²) in [5.74, 6) is 0.317. The molecule has 2 heterocycles. The fourth-order valence-corrected chi connectivity index (χ4v) is 2.15. The lowest BCUT2D eigenvalue weighted by Gasteiger charge is -2.15. The zero-order valence-corrected chi connectivity index (χ0v) is 11.1. The summed E-state index contributed by atoms with van der Waals surface area (Å²) >= 11 is 1.58. The molecule has 2 aromatic heterocycles. The van der Waals surface area contributed by atoms with E-state index in [9.17, 15) is 4.79 Å². The van der Waals surface area contributed by atoms with Crippen LogP contribution in [-0.4, -0.2) is 27.8 Å². The molecule has 5 nitrogen and oxygen atoms in total. The SMILES string of the molecule is Cc1nc(CN(C)C(=O)c2ccc(N)nc2)cs1. The van der Waals surface area contributed by atoms with Crippen molar-refractivity contribution in [2.24, 2.45) is 0 Å². The first-order valence-corrected chi connectivity index (χ1v) is 6.32. The van der Waals surface area contributed by atoms with E-state index in [-0.39, 0.29) is 5.91 Å². The molecule has 0 radical (unpaired) electrons. The van der Waals surface area contributed by atoms with Crippen LogP contribution in [-0.2, 0) is 6.54 Å². The number of thiazole rings is 1. The van der Waals surface area contributed by atoms with Gasteiger partial charge in [-0.2, -0.15) is 0 Å². The number of pyridine rings is 1. The summed E-state index contributed by atoms with van der Waals surface area (Å²) in [4.78, 5) is 21.9. The number of nitrogen functional groups attached to an aromatic ring is 1. The average molecular weight is 262 g/mol. The lowest BCUT2D eigenvalue weighted by atomic mass is 10.2. The molecular weight excluding hydrogens is 248 g/mol. The number of nitrogens with two attached hydrogens (primary N) is 1. The van der Waals surface area contributed by atoms with Gasteiger partial charge in [0.25, 0.3) is 5.91 Å². The van der Waals surface area contributed by atoms with Gasteiger partial charge in [0, 0.05) is 18.6 Å². The molecule has 0 aliphatic carbocycles. The number of anilines is 1. The molecule has 1 amide bonds. The van der Waals surface area contributed by atoms with Crippen molar-refractivity contribution in [2.45, 2.75) is 13.5 Å². The second-order valence-corrected chi connectivity index (χ2v) is 5.05. The maximum atomic E-state index is 12.1. The Morgan fingerprint density at radius 1 is 1.50 bits per heavy atom. The highest BCUT2D eigenvalue weighted by Crippen LogP contribution is 2.12. The lowest BCUT2D eigenvalue weighted by Crippen LogP contribution is -2.26. The maximum Gasteiger partial charge on any atom is 0.255 e. The van der Waals surface area contributed by atoms with E-state index in [1.54, 1.807) is 35.4 Å². The molecule has 6 heteroatoms. The van der Waals surface area contributed by atoms with Gasteiger partial charge >= 0.3 is 0 Å². The Labute approximate surface area is 109 Å². The van der Waals surface area contributed by atoms with Crippen LogP contribution < -0.4 is 5.73 Å².